The Hall–Kier alpha value is -0.830. The van der Waals surface area contributed by atoms with E-state index in [0.717, 1.165) is 32.4 Å². The van der Waals surface area contributed by atoms with Crippen LogP contribution in [-0.4, -0.2) is 16.1 Å². The Morgan fingerprint density at radius 1 is 1.47 bits per heavy atom. The summed E-state index contributed by atoms with van der Waals surface area (Å²) >= 11 is 0. The Balaban J connectivity index is 2.66. The molecule has 0 spiro atoms. The molecule has 0 aliphatic heterocycles. The van der Waals surface area contributed by atoms with E-state index in [9.17, 15) is 0 Å². The number of imidazole rings is 1. The third-order valence-corrected chi connectivity index (χ3v) is 2.72. The predicted molar refractivity (Wildman–Crippen MR) is 63.7 cm³/mol. The zero-order valence-electron chi connectivity index (χ0n) is 10.2. The lowest BCUT2D eigenvalue weighted by Gasteiger charge is -2.23. The zero-order valence-corrected chi connectivity index (χ0v) is 10.2. The second-order valence-electron chi connectivity index (χ2n) is 4.92. The highest BCUT2D eigenvalue weighted by Crippen LogP contribution is 2.24. The molecule has 15 heavy (non-hydrogen) atoms. The zero-order chi connectivity index (χ0) is 11.3. The molecule has 0 radical (unpaired) electrons. The second kappa shape index (κ2) is 5.31. The fourth-order valence-corrected chi connectivity index (χ4v) is 1.86. The van der Waals surface area contributed by atoms with Gasteiger partial charge >= 0.3 is 0 Å². The van der Waals surface area contributed by atoms with Crippen molar-refractivity contribution in [1.82, 2.24) is 9.55 Å². The highest BCUT2D eigenvalue weighted by atomic mass is 15.1. The predicted octanol–water partition coefficient (Wildman–Crippen LogP) is 2.21. The lowest BCUT2D eigenvalue weighted by Crippen LogP contribution is -2.22. The summed E-state index contributed by atoms with van der Waals surface area (Å²) in [5, 5.41) is 0. The quantitative estimate of drug-likeness (QED) is 0.780. The molecule has 1 heterocycles. The van der Waals surface area contributed by atoms with Crippen LogP contribution < -0.4 is 5.73 Å². The van der Waals surface area contributed by atoms with Crippen LogP contribution in [0.25, 0.3) is 0 Å². The first-order valence-electron chi connectivity index (χ1n) is 5.79. The molecule has 2 N–H and O–H groups in total. The molecule has 0 bridgehead atoms. The van der Waals surface area contributed by atoms with Gasteiger partial charge in [0, 0.05) is 25.4 Å². The summed E-state index contributed by atoms with van der Waals surface area (Å²) in [6, 6.07) is 0. The molecule has 0 atom stereocenters. The molecule has 0 unspecified atom stereocenters. The first kappa shape index (κ1) is 12.2. The number of hydrogen-bond acceptors (Lipinski definition) is 2. The molecule has 3 heteroatoms. The normalized spacial score (nSPS) is 12.0. The van der Waals surface area contributed by atoms with Gasteiger partial charge in [-0.3, -0.25) is 0 Å². The molecule has 0 saturated heterocycles. The topological polar surface area (TPSA) is 43.8 Å². The van der Waals surface area contributed by atoms with Gasteiger partial charge in [0.2, 0.25) is 0 Å². The van der Waals surface area contributed by atoms with Crippen molar-refractivity contribution in [1.29, 1.82) is 0 Å². The van der Waals surface area contributed by atoms with Gasteiger partial charge in [0.05, 0.1) is 0 Å². The summed E-state index contributed by atoms with van der Waals surface area (Å²) in [7, 11) is 0. The van der Waals surface area contributed by atoms with Gasteiger partial charge in [-0.2, -0.15) is 0 Å². The minimum absolute atomic E-state index is 0.256. The summed E-state index contributed by atoms with van der Waals surface area (Å²) in [4.78, 5) is 4.42. The van der Waals surface area contributed by atoms with Crippen molar-refractivity contribution in [3.63, 3.8) is 0 Å². The molecule has 0 aliphatic carbocycles. The Morgan fingerprint density at radius 2 is 2.20 bits per heavy atom. The van der Waals surface area contributed by atoms with Crippen LogP contribution in [0.5, 0.6) is 0 Å². The van der Waals surface area contributed by atoms with Crippen molar-refractivity contribution >= 4 is 0 Å². The summed E-state index contributed by atoms with van der Waals surface area (Å²) in [5.74, 6) is 1.19. The lowest BCUT2D eigenvalue weighted by atomic mass is 9.85. The van der Waals surface area contributed by atoms with Crippen LogP contribution in [-0.2, 0) is 13.0 Å². The summed E-state index contributed by atoms with van der Waals surface area (Å²) < 4.78 is 2.25. The van der Waals surface area contributed by atoms with Crippen molar-refractivity contribution in [2.45, 2.75) is 46.6 Å². The van der Waals surface area contributed by atoms with Gasteiger partial charge in [0.25, 0.3) is 0 Å². The third-order valence-electron chi connectivity index (χ3n) is 2.72. The molecular weight excluding hydrogens is 186 g/mol. The van der Waals surface area contributed by atoms with Crippen molar-refractivity contribution in [2.75, 3.05) is 6.54 Å². The number of nitrogens with zero attached hydrogens (tertiary/aromatic N) is 2. The first-order chi connectivity index (χ1) is 7.09. The van der Waals surface area contributed by atoms with Gasteiger partial charge in [0.1, 0.15) is 5.82 Å². The number of aromatic nitrogens is 2. The van der Waals surface area contributed by atoms with Crippen LogP contribution in [0.3, 0.4) is 0 Å². The second-order valence-corrected chi connectivity index (χ2v) is 4.92. The van der Waals surface area contributed by atoms with E-state index >= 15 is 0 Å². The van der Waals surface area contributed by atoms with E-state index in [2.05, 4.69) is 36.5 Å². The Morgan fingerprint density at radius 3 is 2.80 bits per heavy atom. The smallest absolute Gasteiger partial charge is 0.109 e. The Bertz CT molecular complexity index is 289. The van der Waals surface area contributed by atoms with Crippen LogP contribution >= 0.6 is 0 Å². The summed E-state index contributed by atoms with van der Waals surface area (Å²) in [6.07, 6.45) is 7.17. The summed E-state index contributed by atoms with van der Waals surface area (Å²) in [6.45, 7) is 8.51. The fraction of sp³-hybridized carbons (Fsp3) is 0.750. The standard InChI is InChI=1S/C12H23N3/c1-4-8-15-9-7-14-11(15)10-12(2,3)5-6-13/h7,9H,4-6,8,10,13H2,1-3H3. The van der Waals surface area contributed by atoms with E-state index in [1.807, 2.05) is 6.20 Å². The minimum Gasteiger partial charge on any atom is -0.335 e. The molecule has 3 nitrogen and oxygen atoms in total. The third kappa shape index (κ3) is 3.67. The highest BCUT2D eigenvalue weighted by molar-refractivity contribution is 4.96. The van der Waals surface area contributed by atoms with E-state index in [1.165, 1.54) is 5.82 Å². The van der Waals surface area contributed by atoms with Gasteiger partial charge in [0.15, 0.2) is 0 Å². The Kier molecular flexibility index (Phi) is 4.33. The SMILES string of the molecule is CCCn1ccnc1CC(C)(C)CCN. The highest BCUT2D eigenvalue weighted by Gasteiger charge is 2.19. The summed E-state index contributed by atoms with van der Waals surface area (Å²) in [5.41, 5.74) is 5.87. The molecule has 0 fully saturated rings. The molecule has 0 aliphatic rings. The molecule has 1 rings (SSSR count). The van der Waals surface area contributed by atoms with Crippen molar-refractivity contribution in [3.8, 4) is 0 Å². The maximum absolute atomic E-state index is 5.61. The van der Waals surface area contributed by atoms with Crippen LogP contribution in [0.15, 0.2) is 12.4 Å². The van der Waals surface area contributed by atoms with Gasteiger partial charge in [-0.05, 0) is 24.8 Å². The van der Waals surface area contributed by atoms with Gasteiger partial charge in [-0.15, -0.1) is 0 Å². The van der Waals surface area contributed by atoms with Gasteiger partial charge in [-0.25, -0.2) is 4.98 Å². The molecule has 86 valence electrons. The average Bonchev–Trinajstić information content (AvgIpc) is 2.52. The number of rotatable bonds is 6. The molecular formula is C12H23N3. The molecule has 0 saturated carbocycles. The van der Waals surface area contributed by atoms with Crippen LogP contribution in [0.4, 0.5) is 0 Å². The maximum Gasteiger partial charge on any atom is 0.109 e. The van der Waals surface area contributed by atoms with Crippen LogP contribution in [0.1, 0.15) is 39.4 Å². The maximum atomic E-state index is 5.61. The average molecular weight is 209 g/mol. The fourth-order valence-electron chi connectivity index (χ4n) is 1.86. The van der Waals surface area contributed by atoms with Crippen LogP contribution in [0.2, 0.25) is 0 Å². The first-order valence-corrected chi connectivity index (χ1v) is 5.79. The van der Waals surface area contributed by atoms with E-state index < -0.39 is 0 Å². The van der Waals surface area contributed by atoms with Gasteiger partial charge in [-0.1, -0.05) is 20.8 Å². The number of hydrogen-bond donors (Lipinski definition) is 1. The Labute approximate surface area is 92.7 Å². The number of nitrogens with two attached hydrogens (primary N) is 1. The largest absolute Gasteiger partial charge is 0.335 e. The van der Waals surface area contributed by atoms with Crippen molar-refractivity contribution in [2.24, 2.45) is 11.1 Å². The monoisotopic (exact) mass is 209 g/mol. The molecule has 1 aromatic heterocycles. The van der Waals surface area contributed by atoms with E-state index in [-0.39, 0.29) is 5.41 Å². The van der Waals surface area contributed by atoms with E-state index in [4.69, 9.17) is 5.73 Å². The minimum atomic E-state index is 0.256. The van der Waals surface area contributed by atoms with E-state index in [0.29, 0.717) is 0 Å². The molecule has 1 aromatic rings. The van der Waals surface area contributed by atoms with Gasteiger partial charge < -0.3 is 10.3 Å². The molecule has 0 amide bonds. The van der Waals surface area contributed by atoms with Crippen molar-refractivity contribution in [3.05, 3.63) is 18.2 Å². The number of aryl methyl sites for hydroxylation is 1. The van der Waals surface area contributed by atoms with Crippen LogP contribution in [0, 0.1) is 5.41 Å². The van der Waals surface area contributed by atoms with E-state index in [1.54, 1.807) is 0 Å². The van der Waals surface area contributed by atoms with Crippen molar-refractivity contribution < 1.29 is 0 Å². The lowest BCUT2D eigenvalue weighted by molar-refractivity contribution is 0.325. The molecule has 0 aromatic carbocycles.